The lowest BCUT2D eigenvalue weighted by Gasteiger charge is -2.32. The zero-order valence-electron chi connectivity index (χ0n) is 10.7. The highest BCUT2D eigenvalue weighted by atomic mass is 16.7. The zero-order valence-corrected chi connectivity index (χ0v) is 10.7. The van der Waals surface area contributed by atoms with Crippen LogP contribution in [0.1, 0.15) is 40.5 Å². The number of hydrogen-bond acceptors (Lipinski definition) is 3. The molecule has 4 heteroatoms. The van der Waals surface area contributed by atoms with E-state index in [0.29, 0.717) is 0 Å². The van der Waals surface area contributed by atoms with Crippen LogP contribution in [0.5, 0.6) is 0 Å². The van der Waals surface area contributed by atoms with Crippen molar-refractivity contribution in [3.8, 4) is 0 Å². The van der Waals surface area contributed by atoms with Crippen LogP contribution in [0.25, 0.3) is 0 Å². The Labute approximate surface area is 98.0 Å². The molecule has 1 aliphatic carbocycles. The molecule has 90 valence electrons. The second kappa shape index (κ2) is 3.03. The molecule has 0 aromatic heterocycles. The van der Waals surface area contributed by atoms with Gasteiger partial charge < -0.3 is 14.0 Å². The summed E-state index contributed by atoms with van der Waals surface area (Å²) in [4.78, 5) is 0. The molecule has 0 spiro atoms. The third-order valence-corrected chi connectivity index (χ3v) is 4.98. The summed E-state index contributed by atoms with van der Waals surface area (Å²) in [6.07, 6.45) is 2.38. The summed E-state index contributed by atoms with van der Waals surface area (Å²) in [6.45, 7) is 10.2. The van der Waals surface area contributed by atoms with Gasteiger partial charge in [0, 0.05) is 11.9 Å². The van der Waals surface area contributed by atoms with Gasteiger partial charge in [-0.25, -0.2) is 0 Å². The molecule has 0 N–H and O–H groups in total. The molecule has 3 aliphatic rings. The highest BCUT2D eigenvalue weighted by Gasteiger charge is 2.70. The summed E-state index contributed by atoms with van der Waals surface area (Å²) in [5, 5.41) is 0.170. The number of ether oxygens (including phenoxy) is 1. The van der Waals surface area contributed by atoms with E-state index in [1.165, 1.54) is 12.8 Å². The van der Waals surface area contributed by atoms with E-state index in [2.05, 4.69) is 27.7 Å². The Morgan fingerprint density at radius 1 is 1.06 bits per heavy atom. The van der Waals surface area contributed by atoms with E-state index in [-0.39, 0.29) is 23.6 Å². The quantitative estimate of drug-likeness (QED) is 0.639. The maximum Gasteiger partial charge on any atom is 0.467 e. The van der Waals surface area contributed by atoms with Gasteiger partial charge in [0.25, 0.3) is 0 Å². The van der Waals surface area contributed by atoms with Crippen molar-refractivity contribution in [3.05, 3.63) is 0 Å². The SMILES string of the molecule is CC1(C)OB(C23COCCC2C3)OC1(C)C. The van der Waals surface area contributed by atoms with E-state index in [4.69, 9.17) is 14.0 Å². The Morgan fingerprint density at radius 2 is 1.69 bits per heavy atom. The van der Waals surface area contributed by atoms with Crippen molar-refractivity contribution in [1.82, 2.24) is 0 Å². The molecule has 16 heavy (non-hydrogen) atoms. The van der Waals surface area contributed by atoms with Crippen molar-refractivity contribution in [3.63, 3.8) is 0 Å². The van der Waals surface area contributed by atoms with Gasteiger partial charge >= 0.3 is 7.12 Å². The molecule has 2 saturated heterocycles. The van der Waals surface area contributed by atoms with Gasteiger partial charge in [-0.2, -0.15) is 0 Å². The molecule has 2 atom stereocenters. The number of fused-ring (bicyclic) bond motifs is 1. The van der Waals surface area contributed by atoms with Crippen molar-refractivity contribution in [1.29, 1.82) is 0 Å². The van der Waals surface area contributed by atoms with Crippen LogP contribution in [0.4, 0.5) is 0 Å². The Hall–Kier alpha value is -0.0551. The van der Waals surface area contributed by atoms with E-state index in [9.17, 15) is 0 Å². The van der Waals surface area contributed by atoms with Gasteiger partial charge in [-0.3, -0.25) is 0 Å². The Kier molecular flexibility index (Phi) is 2.10. The maximum absolute atomic E-state index is 6.15. The van der Waals surface area contributed by atoms with Gasteiger partial charge in [-0.15, -0.1) is 0 Å². The van der Waals surface area contributed by atoms with Crippen LogP contribution >= 0.6 is 0 Å². The lowest BCUT2D eigenvalue weighted by atomic mass is 9.66. The minimum absolute atomic E-state index is 0.0669. The van der Waals surface area contributed by atoms with E-state index in [1.54, 1.807) is 0 Å². The van der Waals surface area contributed by atoms with Crippen LogP contribution in [0.3, 0.4) is 0 Å². The molecule has 0 aromatic rings. The summed E-state index contributed by atoms with van der Waals surface area (Å²) in [5.74, 6) is 0.760. The van der Waals surface area contributed by atoms with E-state index >= 15 is 0 Å². The van der Waals surface area contributed by atoms with Gasteiger partial charge in [-0.05, 0) is 46.5 Å². The molecule has 1 saturated carbocycles. The normalized spacial score (nSPS) is 44.2. The van der Waals surface area contributed by atoms with Crippen molar-refractivity contribution in [2.75, 3.05) is 13.2 Å². The first-order chi connectivity index (χ1) is 7.37. The number of hydrogen-bond donors (Lipinski definition) is 0. The first-order valence-corrected chi connectivity index (χ1v) is 6.31. The van der Waals surface area contributed by atoms with E-state index in [1.807, 2.05) is 0 Å². The van der Waals surface area contributed by atoms with Gasteiger partial charge in [0.2, 0.25) is 0 Å². The average molecular weight is 224 g/mol. The van der Waals surface area contributed by atoms with Gasteiger partial charge in [0.15, 0.2) is 0 Å². The molecule has 0 radical (unpaired) electrons. The molecule has 0 amide bonds. The molecule has 3 nitrogen and oxygen atoms in total. The smallest absolute Gasteiger partial charge is 0.403 e. The second-order valence-corrected chi connectivity index (χ2v) is 6.56. The molecule has 3 rings (SSSR count). The maximum atomic E-state index is 6.15. The topological polar surface area (TPSA) is 27.7 Å². The molecule has 2 unspecified atom stereocenters. The van der Waals surface area contributed by atoms with Crippen LogP contribution in [-0.4, -0.2) is 31.5 Å². The molecule has 2 heterocycles. The van der Waals surface area contributed by atoms with Crippen molar-refractivity contribution in [2.45, 2.75) is 57.1 Å². The van der Waals surface area contributed by atoms with E-state index < -0.39 is 0 Å². The Balaban J connectivity index is 1.79. The highest BCUT2D eigenvalue weighted by molar-refractivity contribution is 6.51. The van der Waals surface area contributed by atoms with Gasteiger partial charge in [0.1, 0.15) is 0 Å². The second-order valence-electron chi connectivity index (χ2n) is 6.56. The zero-order chi connectivity index (χ0) is 11.6. The van der Waals surface area contributed by atoms with Gasteiger partial charge in [-0.1, -0.05) is 0 Å². The summed E-state index contributed by atoms with van der Waals surface area (Å²) in [5.41, 5.74) is -0.423. The predicted molar refractivity (Wildman–Crippen MR) is 62.3 cm³/mol. The Bertz CT molecular complexity index is 299. The van der Waals surface area contributed by atoms with Crippen molar-refractivity contribution < 1.29 is 14.0 Å². The summed E-state index contributed by atoms with van der Waals surface area (Å²) in [6, 6.07) is 0. The van der Waals surface area contributed by atoms with E-state index in [0.717, 1.165) is 19.1 Å². The van der Waals surface area contributed by atoms with Gasteiger partial charge in [0.05, 0.1) is 17.8 Å². The van der Waals surface area contributed by atoms with Crippen LogP contribution < -0.4 is 0 Å². The third-order valence-electron chi connectivity index (χ3n) is 4.98. The lowest BCUT2D eigenvalue weighted by molar-refractivity contribution is 0.00578. The highest BCUT2D eigenvalue weighted by Crippen LogP contribution is 2.67. The molecule has 0 bridgehead atoms. The minimum atomic E-state index is -0.211. The lowest BCUT2D eigenvalue weighted by Crippen LogP contribution is -2.41. The van der Waals surface area contributed by atoms with Crippen LogP contribution in [0.15, 0.2) is 0 Å². The fourth-order valence-corrected chi connectivity index (χ4v) is 2.89. The Morgan fingerprint density at radius 3 is 2.25 bits per heavy atom. The molecular weight excluding hydrogens is 203 g/mol. The average Bonchev–Trinajstić information content (AvgIpc) is 2.85. The summed E-state index contributed by atoms with van der Waals surface area (Å²) < 4.78 is 17.9. The van der Waals surface area contributed by atoms with Crippen molar-refractivity contribution in [2.24, 2.45) is 5.92 Å². The standard InChI is InChI=1S/C12H21BO3/c1-10(2)11(3,4)16-13(15-10)12-7-9(12)5-6-14-8-12/h9H,5-8H2,1-4H3. The first-order valence-electron chi connectivity index (χ1n) is 6.31. The van der Waals surface area contributed by atoms with Crippen molar-refractivity contribution >= 4 is 7.12 Å². The first kappa shape index (κ1) is 11.1. The summed E-state index contributed by atoms with van der Waals surface area (Å²) in [7, 11) is -0.0669. The summed E-state index contributed by atoms with van der Waals surface area (Å²) >= 11 is 0. The third kappa shape index (κ3) is 1.33. The molecule has 3 fully saturated rings. The monoisotopic (exact) mass is 224 g/mol. The fourth-order valence-electron chi connectivity index (χ4n) is 2.89. The molecule has 0 aromatic carbocycles. The van der Waals surface area contributed by atoms with Crippen LogP contribution in [0, 0.1) is 5.92 Å². The van der Waals surface area contributed by atoms with Crippen LogP contribution in [0.2, 0.25) is 5.31 Å². The molecule has 2 aliphatic heterocycles. The van der Waals surface area contributed by atoms with Crippen LogP contribution in [-0.2, 0) is 14.0 Å². The number of rotatable bonds is 1. The molecular formula is C12H21BO3. The minimum Gasteiger partial charge on any atom is -0.403 e. The predicted octanol–water partition coefficient (Wildman–Crippen LogP) is 2.26. The largest absolute Gasteiger partial charge is 0.467 e. The fraction of sp³-hybridized carbons (Fsp3) is 1.00.